The molecule has 1 atom stereocenters. The highest BCUT2D eigenvalue weighted by Gasteiger charge is 2.18. The van der Waals surface area contributed by atoms with Crippen LogP contribution in [0.1, 0.15) is 30.0 Å². The minimum absolute atomic E-state index is 0.0602. The van der Waals surface area contributed by atoms with Gasteiger partial charge in [0.2, 0.25) is 0 Å². The highest BCUT2D eigenvalue weighted by molar-refractivity contribution is 5.25. The fourth-order valence-electron chi connectivity index (χ4n) is 1.86. The second kappa shape index (κ2) is 3.42. The summed E-state index contributed by atoms with van der Waals surface area (Å²) >= 11 is 0. The molecule has 5 nitrogen and oxygen atoms in total. The van der Waals surface area contributed by atoms with E-state index in [0.29, 0.717) is 0 Å². The van der Waals surface area contributed by atoms with E-state index in [1.807, 2.05) is 20.8 Å². The number of hydrogen-bond acceptors (Lipinski definition) is 3. The van der Waals surface area contributed by atoms with Gasteiger partial charge in [-0.05, 0) is 20.8 Å². The first kappa shape index (κ1) is 9.76. The van der Waals surface area contributed by atoms with Gasteiger partial charge in [0.15, 0.2) is 0 Å². The number of hydrogen-bond donors (Lipinski definition) is 1. The van der Waals surface area contributed by atoms with E-state index >= 15 is 0 Å². The fraction of sp³-hybridized carbons (Fsp3) is 0.400. The molecule has 2 heterocycles. The van der Waals surface area contributed by atoms with Crippen molar-refractivity contribution >= 4 is 0 Å². The Balaban J connectivity index is 2.49. The number of nitrogens with zero attached hydrogens (tertiary/aromatic N) is 2. The van der Waals surface area contributed by atoms with Crippen molar-refractivity contribution in [2.75, 3.05) is 0 Å². The van der Waals surface area contributed by atoms with E-state index in [0.717, 1.165) is 17.0 Å². The minimum Gasteiger partial charge on any atom is -0.361 e. The second-order valence-electron chi connectivity index (χ2n) is 3.59. The third-order valence-corrected chi connectivity index (χ3v) is 2.60. The second-order valence-corrected chi connectivity index (χ2v) is 3.59. The summed E-state index contributed by atoms with van der Waals surface area (Å²) in [5.41, 5.74) is 1.67. The van der Waals surface area contributed by atoms with Crippen LogP contribution in [0, 0.1) is 13.8 Å². The molecule has 0 aliphatic carbocycles. The molecule has 0 saturated carbocycles. The summed E-state index contributed by atoms with van der Waals surface area (Å²) in [5.74, 6) is 0.758. The van der Waals surface area contributed by atoms with Crippen LogP contribution < -0.4 is 5.69 Å². The lowest BCUT2D eigenvalue weighted by molar-refractivity contribution is 0.391. The molecular weight excluding hydrogens is 194 g/mol. The maximum Gasteiger partial charge on any atom is 0.326 e. The molecule has 1 N–H and O–H groups in total. The minimum atomic E-state index is -0.123. The van der Waals surface area contributed by atoms with Crippen LogP contribution in [0.4, 0.5) is 0 Å². The number of nitrogens with one attached hydrogen (secondary N) is 1. The summed E-state index contributed by atoms with van der Waals surface area (Å²) in [6.07, 6.45) is 3.34. The Kier molecular flexibility index (Phi) is 2.22. The molecule has 15 heavy (non-hydrogen) atoms. The lowest BCUT2D eigenvalue weighted by atomic mass is 10.1. The molecular formula is C10H13N3O2. The molecule has 0 bridgehead atoms. The molecule has 0 aliphatic heterocycles. The first-order chi connectivity index (χ1) is 7.11. The zero-order chi connectivity index (χ0) is 11.0. The van der Waals surface area contributed by atoms with Crippen LogP contribution in [0.5, 0.6) is 0 Å². The van der Waals surface area contributed by atoms with Gasteiger partial charge >= 0.3 is 5.69 Å². The lowest BCUT2D eigenvalue weighted by Crippen LogP contribution is -2.21. The van der Waals surface area contributed by atoms with Crippen LogP contribution in [0.25, 0.3) is 0 Å². The maximum absolute atomic E-state index is 11.4. The lowest BCUT2D eigenvalue weighted by Gasteiger charge is -2.11. The highest BCUT2D eigenvalue weighted by Crippen LogP contribution is 2.23. The third-order valence-electron chi connectivity index (χ3n) is 2.60. The predicted octanol–water partition coefficient (Wildman–Crippen LogP) is 1.39. The highest BCUT2D eigenvalue weighted by atomic mass is 16.5. The quantitative estimate of drug-likeness (QED) is 0.809. The van der Waals surface area contributed by atoms with Crippen molar-refractivity contribution in [2.24, 2.45) is 0 Å². The van der Waals surface area contributed by atoms with E-state index in [2.05, 4.69) is 10.1 Å². The van der Waals surface area contributed by atoms with Gasteiger partial charge in [-0.3, -0.25) is 4.57 Å². The van der Waals surface area contributed by atoms with Crippen LogP contribution in [-0.4, -0.2) is 14.7 Å². The van der Waals surface area contributed by atoms with E-state index in [-0.39, 0.29) is 11.7 Å². The Morgan fingerprint density at radius 1 is 1.53 bits per heavy atom. The largest absolute Gasteiger partial charge is 0.361 e. The molecule has 0 radical (unpaired) electrons. The summed E-state index contributed by atoms with van der Waals surface area (Å²) in [7, 11) is 0. The van der Waals surface area contributed by atoms with Gasteiger partial charge in [-0.15, -0.1) is 0 Å². The number of aromatic nitrogens is 3. The molecule has 0 saturated heterocycles. The zero-order valence-corrected chi connectivity index (χ0v) is 8.94. The smallest absolute Gasteiger partial charge is 0.326 e. The molecule has 0 amide bonds. The van der Waals surface area contributed by atoms with Gasteiger partial charge in [0.05, 0.1) is 11.7 Å². The average Bonchev–Trinajstić information content (AvgIpc) is 2.73. The van der Waals surface area contributed by atoms with Crippen LogP contribution in [0.3, 0.4) is 0 Å². The van der Waals surface area contributed by atoms with Gasteiger partial charge in [0, 0.05) is 18.0 Å². The molecule has 0 spiro atoms. The van der Waals surface area contributed by atoms with Crippen molar-refractivity contribution in [3.05, 3.63) is 39.9 Å². The van der Waals surface area contributed by atoms with Crippen LogP contribution in [0.2, 0.25) is 0 Å². The zero-order valence-electron chi connectivity index (χ0n) is 8.94. The van der Waals surface area contributed by atoms with Gasteiger partial charge < -0.3 is 9.51 Å². The van der Waals surface area contributed by atoms with Crippen molar-refractivity contribution in [1.29, 1.82) is 0 Å². The average molecular weight is 207 g/mol. The summed E-state index contributed by atoms with van der Waals surface area (Å²) in [5, 5.41) is 3.88. The Morgan fingerprint density at radius 3 is 2.73 bits per heavy atom. The van der Waals surface area contributed by atoms with Crippen LogP contribution in [0.15, 0.2) is 21.7 Å². The van der Waals surface area contributed by atoms with Crippen LogP contribution in [-0.2, 0) is 0 Å². The van der Waals surface area contributed by atoms with E-state index < -0.39 is 0 Å². The molecule has 2 aromatic heterocycles. The standard InChI is InChI=1S/C10H13N3O2/c1-6-9(8(3)15-12-6)7(2)13-5-4-11-10(13)14/h4-5,7H,1-3H3,(H,11,14). The molecule has 0 aromatic carbocycles. The fourth-order valence-corrected chi connectivity index (χ4v) is 1.86. The van der Waals surface area contributed by atoms with E-state index in [1.165, 1.54) is 0 Å². The number of aryl methyl sites for hydroxylation is 2. The first-order valence-corrected chi connectivity index (χ1v) is 4.79. The van der Waals surface area contributed by atoms with Crippen molar-refractivity contribution in [2.45, 2.75) is 26.8 Å². The monoisotopic (exact) mass is 207 g/mol. The number of imidazole rings is 1. The van der Waals surface area contributed by atoms with Gasteiger partial charge in [0.1, 0.15) is 5.76 Å². The van der Waals surface area contributed by atoms with E-state index in [9.17, 15) is 4.79 Å². The Hall–Kier alpha value is -1.78. The maximum atomic E-state index is 11.4. The Morgan fingerprint density at radius 2 is 2.27 bits per heavy atom. The van der Waals surface area contributed by atoms with Crippen molar-refractivity contribution in [1.82, 2.24) is 14.7 Å². The van der Waals surface area contributed by atoms with Gasteiger partial charge in [-0.2, -0.15) is 0 Å². The summed E-state index contributed by atoms with van der Waals surface area (Å²) < 4.78 is 6.70. The normalized spacial score (nSPS) is 13.0. The van der Waals surface area contributed by atoms with Gasteiger partial charge in [-0.1, -0.05) is 5.16 Å². The van der Waals surface area contributed by atoms with E-state index in [4.69, 9.17) is 4.52 Å². The molecule has 2 aromatic rings. The van der Waals surface area contributed by atoms with Crippen molar-refractivity contribution in [3.8, 4) is 0 Å². The molecule has 2 rings (SSSR count). The number of rotatable bonds is 2. The number of H-pyrrole nitrogens is 1. The molecule has 5 heteroatoms. The Bertz CT molecular complexity index is 501. The first-order valence-electron chi connectivity index (χ1n) is 4.79. The van der Waals surface area contributed by atoms with Gasteiger partial charge in [-0.25, -0.2) is 4.79 Å². The molecule has 1 unspecified atom stereocenters. The summed E-state index contributed by atoms with van der Waals surface area (Å²) in [6.45, 7) is 5.67. The van der Waals surface area contributed by atoms with E-state index in [1.54, 1.807) is 17.0 Å². The molecule has 80 valence electrons. The third kappa shape index (κ3) is 1.49. The predicted molar refractivity (Wildman–Crippen MR) is 54.8 cm³/mol. The molecule has 0 aliphatic rings. The summed E-state index contributed by atoms with van der Waals surface area (Å²) in [4.78, 5) is 14.0. The van der Waals surface area contributed by atoms with Crippen LogP contribution >= 0.6 is 0 Å². The van der Waals surface area contributed by atoms with Gasteiger partial charge in [0.25, 0.3) is 0 Å². The Labute approximate surface area is 86.7 Å². The number of aromatic amines is 1. The van der Waals surface area contributed by atoms with Crippen molar-refractivity contribution < 1.29 is 4.52 Å². The SMILES string of the molecule is Cc1noc(C)c1C(C)n1cc[nH]c1=O. The topological polar surface area (TPSA) is 63.8 Å². The van der Waals surface area contributed by atoms with Crippen molar-refractivity contribution in [3.63, 3.8) is 0 Å². The summed E-state index contributed by atoms with van der Waals surface area (Å²) in [6, 6.07) is -0.0602. The molecule has 0 fully saturated rings.